The quantitative estimate of drug-likeness (QED) is 0.783. The minimum atomic E-state index is -0.455. The van der Waals surface area contributed by atoms with Crippen molar-refractivity contribution in [3.8, 4) is 0 Å². The predicted molar refractivity (Wildman–Crippen MR) is 101 cm³/mol. The van der Waals surface area contributed by atoms with E-state index in [2.05, 4.69) is 24.0 Å². The second kappa shape index (κ2) is 7.93. The Morgan fingerprint density at radius 2 is 1.92 bits per heavy atom. The molecule has 1 aliphatic heterocycles. The maximum absolute atomic E-state index is 12.1. The summed E-state index contributed by atoms with van der Waals surface area (Å²) in [7, 11) is 0. The highest BCUT2D eigenvalue weighted by molar-refractivity contribution is 6.32. The van der Waals surface area contributed by atoms with Crippen LogP contribution in [0.15, 0.2) is 24.3 Å². The number of rotatable bonds is 3. The molecule has 1 aromatic carbocycles. The fourth-order valence-corrected chi connectivity index (χ4v) is 2.80. The van der Waals surface area contributed by atoms with Crippen LogP contribution in [0.25, 0.3) is 6.08 Å². The van der Waals surface area contributed by atoms with Gasteiger partial charge in [-0.1, -0.05) is 36.7 Å². The lowest BCUT2D eigenvalue weighted by atomic mass is 10.1. The molecule has 132 valence electrons. The standard InChI is InChI=1S/C19H27ClN2O2/c1-5-6-7-15-8-9-16(14-17(15)20)21-10-12-22(13-11-21)18(23)24-19(2,3)4/h6-9,14H,5,10-13H2,1-4H3/b7-6+. The van der Waals surface area contributed by atoms with Crippen LogP contribution in [0.1, 0.15) is 39.7 Å². The summed E-state index contributed by atoms with van der Waals surface area (Å²) in [5, 5.41) is 0.756. The monoisotopic (exact) mass is 350 g/mol. The number of halogens is 1. The highest BCUT2D eigenvalue weighted by Crippen LogP contribution is 2.26. The van der Waals surface area contributed by atoms with Gasteiger partial charge in [0, 0.05) is 36.9 Å². The molecule has 1 fully saturated rings. The van der Waals surface area contributed by atoms with Crippen molar-refractivity contribution in [1.82, 2.24) is 4.90 Å². The van der Waals surface area contributed by atoms with Crippen LogP contribution >= 0.6 is 11.6 Å². The van der Waals surface area contributed by atoms with E-state index in [9.17, 15) is 4.79 Å². The van der Waals surface area contributed by atoms with Gasteiger partial charge >= 0.3 is 6.09 Å². The number of anilines is 1. The zero-order chi connectivity index (χ0) is 17.7. The topological polar surface area (TPSA) is 32.8 Å². The fourth-order valence-electron chi connectivity index (χ4n) is 2.57. The number of carbonyl (C=O) groups is 1. The molecule has 2 rings (SSSR count). The van der Waals surface area contributed by atoms with Gasteiger partial charge in [0.2, 0.25) is 0 Å². The smallest absolute Gasteiger partial charge is 0.410 e. The number of hydrogen-bond acceptors (Lipinski definition) is 3. The average Bonchev–Trinajstić information content (AvgIpc) is 2.52. The molecule has 1 amide bonds. The van der Waals surface area contributed by atoms with Gasteiger partial charge in [-0.25, -0.2) is 4.79 Å². The Bertz CT molecular complexity index is 600. The van der Waals surface area contributed by atoms with E-state index < -0.39 is 5.60 Å². The van der Waals surface area contributed by atoms with Gasteiger partial charge in [0.1, 0.15) is 5.60 Å². The number of amides is 1. The van der Waals surface area contributed by atoms with Crippen molar-refractivity contribution in [2.75, 3.05) is 31.1 Å². The summed E-state index contributed by atoms with van der Waals surface area (Å²) in [6, 6.07) is 6.13. The summed E-state index contributed by atoms with van der Waals surface area (Å²) in [5.41, 5.74) is 1.68. The summed E-state index contributed by atoms with van der Waals surface area (Å²) in [6.07, 6.45) is 4.90. The first-order valence-electron chi connectivity index (χ1n) is 8.49. The molecule has 0 aromatic heterocycles. The first kappa shape index (κ1) is 18.7. The van der Waals surface area contributed by atoms with E-state index >= 15 is 0 Å². The summed E-state index contributed by atoms with van der Waals surface area (Å²) < 4.78 is 5.43. The molecule has 0 unspecified atom stereocenters. The van der Waals surface area contributed by atoms with Crippen LogP contribution in [0.4, 0.5) is 10.5 Å². The number of benzene rings is 1. The molecule has 24 heavy (non-hydrogen) atoms. The van der Waals surface area contributed by atoms with E-state index in [1.54, 1.807) is 4.90 Å². The van der Waals surface area contributed by atoms with E-state index in [0.717, 1.165) is 35.8 Å². The van der Waals surface area contributed by atoms with Crippen molar-refractivity contribution < 1.29 is 9.53 Å². The third-order valence-corrected chi connectivity index (χ3v) is 4.14. The van der Waals surface area contributed by atoms with Gasteiger partial charge in [0.25, 0.3) is 0 Å². The molecule has 0 bridgehead atoms. The van der Waals surface area contributed by atoms with Crippen molar-refractivity contribution >= 4 is 29.5 Å². The third kappa shape index (κ3) is 5.17. The minimum Gasteiger partial charge on any atom is -0.444 e. The lowest BCUT2D eigenvalue weighted by Gasteiger charge is -2.36. The van der Waals surface area contributed by atoms with Crippen LogP contribution in [0.3, 0.4) is 0 Å². The van der Waals surface area contributed by atoms with Crippen LogP contribution in [0.5, 0.6) is 0 Å². The van der Waals surface area contributed by atoms with Crippen molar-refractivity contribution in [1.29, 1.82) is 0 Å². The molecule has 1 saturated heterocycles. The predicted octanol–water partition coefficient (Wildman–Crippen LogP) is 4.82. The number of hydrogen-bond donors (Lipinski definition) is 0. The Morgan fingerprint density at radius 1 is 1.25 bits per heavy atom. The van der Waals surface area contributed by atoms with Gasteiger partial charge in [-0.3, -0.25) is 0 Å². The van der Waals surface area contributed by atoms with Gasteiger partial charge < -0.3 is 14.5 Å². The molecule has 4 nitrogen and oxygen atoms in total. The molecule has 0 N–H and O–H groups in total. The number of piperazine rings is 1. The number of carbonyl (C=O) groups excluding carboxylic acids is 1. The van der Waals surface area contributed by atoms with Crippen LogP contribution in [0, 0.1) is 0 Å². The first-order chi connectivity index (χ1) is 11.3. The number of allylic oxidation sites excluding steroid dienone is 1. The van der Waals surface area contributed by atoms with E-state index in [1.807, 2.05) is 39.0 Å². The molecule has 0 spiro atoms. The lowest BCUT2D eigenvalue weighted by molar-refractivity contribution is 0.0240. The number of ether oxygens (including phenoxy) is 1. The lowest BCUT2D eigenvalue weighted by Crippen LogP contribution is -2.50. The van der Waals surface area contributed by atoms with E-state index in [0.29, 0.717) is 13.1 Å². The summed E-state index contributed by atoms with van der Waals surface area (Å²) in [5.74, 6) is 0. The van der Waals surface area contributed by atoms with E-state index in [4.69, 9.17) is 16.3 Å². The van der Waals surface area contributed by atoms with Crippen LogP contribution in [-0.4, -0.2) is 42.8 Å². The average molecular weight is 351 g/mol. The second-order valence-electron chi connectivity index (χ2n) is 6.97. The van der Waals surface area contributed by atoms with Gasteiger partial charge in [-0.2, -0.15) is 0 Å². The highest BCUT2D eigenvalue weighted by Gasteiger charge is 2.26. The normalized spacial score (nSPS) is 15.9. The Balaban J connectivity index is 1.96. The van der Waals surface area contributed by atoms with Crippen molar-refractivity contribution in [3.05, 3.63) is 34.9 Å². The molecule has 0 aliphatic carbocycles. The van der Waals surface area contributed by atoms with Crippen LogP contribution in [-0.2, 0) is 4.74 Å². The Morgan fingerprint density at radius 3 is 2.46 bits per heavy atom. The zero-order valence-electron chi connectivity index (χ0n) is 15.0. The molecule has 1 aromatic rings. The van der Waals surface area contributed by atoms with E-state index in [1.165, 1.54) is 0 Å². The first-order valence-corrected chi connectivity index (χ1v) is 8.87. The molecular formula is C19H27ClN2O2. The Kier molecular flexibility index (Phi) is 6.16. The largest absolute Gasteiger partial charge is 0.444 e. The SMILES string of the molecule is CC/C=C/c1ccc(N2CCN(C(=O)OC(C)(C)C)CC2)cc1Cl. The maximum atomic E-state index is 12.1. The molecule has 5 heteroatoms. The maximum Gasteiger partial charge on any atom is 0.410 e. The summed E-state index contributed by atoms with van der Waals surface area (Å²) >= 11 is 6.37. The van der Waals surface area contributed by atoms with Crippen LogP contribution in [0.2, 0.25) is 5.02 Å². The molecule has 0 atom stereocenters. The fraction of sp³-hybridized carbons (Fsp3) is 0.526. The third-order valence-electron chi connectivity index (χ3n) is 3.81. The van der Waals surface area contributed by atoms with Gasteiger partial charge in [0.15, 0.2) is 0 Å². The molecular weight excluding hydrogens is 324 g/mol. The summed E-state index contributed by atoms with van der Waals surface area (Å²) in [6.45, 7) is 10.6. The van der Waals surface area contributed by atoms with Crippen molar-refractivity contribution in [2.24, 2.45) is 0 Å². The highest BCUT2D eigenvalue weighted by atomic mass is 35.5. The molecule has 1 aliphatic rings. The van der Waals surface area contributed by atoms with Crippen molar-refractivity contribution in [2.45, 2.75) is 39.7 Å². The van der Waals surface area contributed by atoms with Gasteiger partial charge in [-0.05, 0) is 44.9 Å². The Hall–Kier alpha value is -1.68. The zero-order valence-corrected chi connectivity index (χ0v) is 15.8. The number of nitrogens with zero attached hydrogens (tertiary/aromatic N) is 2. The molecule has 0 saturated carbocycles. The van der Waals surface area contributed by atoms with Gasteiger partial charge in [-0.15, -0.1) is 0 Å². The van der Waals surface area contributed by atoms with E-state index in [-0.39, 0.29) is 6.09 Å². The van der Waals surface area contributed by atoms with Gasteiger partial charge in [0.05, 0.1) is 0 Å². The minimum absolute atomic E-state index is 0.236. The second-order valence-corrected chi connectivity index (χ2v) is 7.38. The Labute approximate surface area is 150 Å². The molecule has 1 heterocycles. The van der Waals surface area contributed by atoms with Crippen LogP contribution < -0.4 is 4.90 Å². The van der Waals surface area contributed by atoms with Crippen molar-refractivity contribution in [3.63, 3.8) is 0 Å². The summed E-state index contributed by atoms with van der Waals surface area (Å²) in [4.78, 5) is 16.1. The molecule has 0 radical (unpaired) electrons.